The number of nitrogens with zero attached hydrogens (tertiary/aromatic N) is 1. The lowest BCUT2D eigenvalue weighted by atomic mass is 9.65. The molecule has 116 valence electrons. The van der Waals surface area contributed by atoms with E-state index in [2.05, 4.69) is 30.7 Å². The van der Waals surface area contributed by atoms with Gasteiger partial charge in [-0.15, -0.1) is 0 Å². The molecule has 2 heterocycles. The molecule has 1 N–H and O–H groups in total. The molecule has 0 radical (unpaired) electrons. The predicted molar refractivity (Wildman–Crippen MR) is 88.9 cm³/mol. The van der Waals surface area contributed by atoms with Crippen LogP contribution in [0.4, 0.5) is 0 Å². The second kappa shape index (κ2) is 4.37. The minimum atomic E-state index is 0.197. The first-order chi connectivity index (χ1) is 10.4. The van der Waals surface area contributed by atoms with Gasteiger partial charge >= 0.3 is 0 Å². The number of carbonyl (C=O) groups is 1. The van der Waals surface area contributed by atoms with Crippen molar-refractivity contribution in [2.45, 2.75) is 46.1 Å². The third-order valence-corrected chi connectivity index (χ3v) is 5.48. The highest BCUT2D eigenvalue weighted by Crippen LogP contribution is 2.52. The molecule has 2 aromatic rings. The van der Waals surface area contributed by atoms with Crippen LogP contribution in [0.25, 0.3) is 10.9 Å². The van der Waals surface area contributed by atoms with Crippen LogP contribution in [0.15, 0.2) is 30.5 Å². The number of aromatic nitrogens is 1. The zero-order chi connectivity index (χ0) is 15.5. The van der Waals surface area contributed by atoms with Gasteiger partial charge in [-0.25, -0.2) is 0 Å². The molecule has 2 bridgehead atoms. The Morgan fingerprint density at radius 2 is 2.05 bits per heavy atom. The molecule has 1 aliphatic heterocycles. The zero-order valence-electron chi connectivity index (χ0n) is 13.6. The lowest BCUT2D eigenvalue weighted by Crippen LogP contribution is -2.37. The van der Waals surface area contributed by atoms with Crippen molar-refractivity contribution in [1.29, 1.82) is 0 Å². The van der Waals surface area contributed by atoms with Crippen LogP contribution >= 0.6 is 0 Å². The molecule has 0 spiro atoms. The molecule has 0 unspecified atom stereocenters. The van der Waals surface area contributed by atoms with Gasteiger partial charge in [-0.1, -0.05) is 26.8 Å². The molecule has 1 aliphatic carbocycles. The minimum Gasteiger partial charge on any atom is -0.361 e. The fourth-order valence-electron chi connectivity index (χ4n) is 5.04. The quantitative estimate of drug-likeness (QED) is 0.841. The molecular weight excluding hydrogens is 272 g/mol. The Morgan fingerprint density at radius 1 is 1.23 bits per heavy atom. The maximum absolute atomic E-state index is 13.0. The average molecular weight is 296 g/mol. The van der Waals surface area contributed by atoms with Gasteiger partial charge in [-0.05, 0) is 53.7 Å². The fourth-order valence-corrected chi connectivity index (χ4v) is 5.04. The Balaban J connectivity index is 1.65. The highest BCUT2D eigenvalue weighted by Gasteiger charge is 2.50. The SMILES string of the molecule is CC1(C)C[C@H]2C[C@@](C)(CN2C(=O)c2ccc3cc[nH]c3c2)C1. The number of fused-ring (bicyclic) bond motifs is 3. The summed E-state index contributed by atoms with van der Waals surface area (Å²) in [6.07, 6.45) is 5.42. The summed E-state index contributed by atoms with van der Waals surface area (Å²) in [4.78, 5) is 18.4. The third kappa shape index (κ3) is 2.15. The van der Waals surface area contributed by atoms with Gasteiger partial charge in [0.05, 0.1) is 0 Å². The number of benzene rings is 1. The van der Waals surface area contributed by atoms with Crippen LogP contribution < -0.4 is 0 Å². The molecule has 1 saturated heterocycles. The van der Waals surface area contributed by atoms with Gasteiger partial charge < -0.3 is 9.88 Å². The molecule has 22 heavy (non-hydrogen) atoms. The van der Waals surface area contributed by atoms with Crippen molar-refractivity contribution in [3.63, 3.8) is 0 Å². The van der Waals surface area contributed by atoms with Crippen molar-refractivity contribution in [3.8, 4) is 0 Å². The first-order valence-electron chi connectivity index (χ1n) is 8.24. The lowest BCUT2D eigenvalue weighted by molar-refractivity contribution is 0.0708. The van der Waals surface area contributed by atoms with Crippen LogP contribution in [0.1, 0.15) is 50.4 Å². The van der Waals surface area contributed by atoms with Crippen molar-refractivity contribution in [3.05, 3.63) is 36.0 Å². The number of hydrogen-bond acceptors (Lipinski definition) is 1. The van der Waals surface area contributed by atoms with E-state index in [0.29, 0.717) is 16.9 Å². The second-order valence-electron chi connectivity index (χ2n) is 8.43. The second-order valence-corrected chi connectivity index (χ2v) is 8.43. The largest absolute Gasteiger partial charge is 0.361 e. The summed E-state index contributed by atoms with van der Waals surface area (Å²) in [5.74, 6) is 0.197. The van der Waals surface area contributed by atoms with Crippen molar-refractivity contribution in [1.82, 2.24) is 9.88 Å². The fraction of sp³-hybridized carbons (Fsp3) is 0.526. The van der Waals surface area contributed by atoms with Gasteiger partial charge in [-0.3, -0.25) is 4.79 Å². The topological polar surface area (TPSA) is 36.1 Å². The average Bonchev–Trinajstić information content (AvgIpc) is 2.97. The molecule has 2 atom stereocenters. The predicted octanol–water partition coefficient (Wildman–Crippen LogP) is 4.21. The number of likely N-dealkylation sites (tertiary alicyclic amines) is 1. The first-order valence-corrected chi connectivity index (χ1v) is 8.24. The molecule has 4 rings (SSSR count). The molecule has 1 aromatic heterocycles. The number of nitrogens with one attached hydrogen (secondary N) is 1. The number of amides is 1. The van der Waals surface area contributed by atoms with Crippen LogP contribution in [0.5, 0.6) is 0 Å². The van der Waals surface area contributed by atoms with E-state index in [1.807, 2.05) is 30.5 Å². The molecule has 1 aromatic carbocycles. The highest BCUT2D eigenvalue weighted by atomic mass is 16.2. The Morgan fingerprint density at radius 3 is 2.86 bits per heavy atom. The maximum atomic E-state index is 13.0. The highest BCUT2D eigenvalue weighted by molar-refractivity contribution is 5.98. The van der Waals surface area contributed by atoms with E-state index in [0.717, 1.165) is 35.9 Å². The Hall–Kier alpha value is -1.77. The molecule has 2 aliphatic rings. The summed E-state index contributed by atoms with van der Waals surface area (Å²) in [7, 11) is 0. The summed E-state index contributed by atoms with van der Waals surface area (Å²) in [5, 5.41) is 1.16. The van der Waals surface area contributed by atoms with Crippen molar-refractivity contribution in [2.75, 3.05) is 6.54 Å². The van der Waals surface area contributed by atoms with Gasteiger partial charge in [0.25, 0.3) is 5.91 Å². The van der Waals surface area contributed by atoms with Gasteiger partial charge in [0.15, 0.2) is 0 Å². The molecule has 3 nitrogen and oxygen atoms in total. The van der Waals surface area contributed by atoms with Gasteiger partial charge in [0.2, 0.25) is 0 Å². The molecule has 1 saturated carbocycles. The van der Waals surface area contributed by atoms with Crippen molar-refractivity contribution < 1.29 is 4.79 Å². The van der Waals surface area contributed by atoms with Crippen molar-refractivity contribution >= 4 is 16.8 Å². The lowest BCUT2D eigenvalue weighted by Gasteiger charge is -2.39. The smallest absolute Gasteiger partial charge is 0.254 e. The third-order valence-electron chi connectivity index (χ3n) is 5.48. The summed E-state index contributed by atoms with van der Waals surface area (Å²) in [5.41, 5.74) is 2.48. The van der Waals surface area contributed by atoms with E-state index >= 15 is 0 Å². The van der Waals surface area contributed by atoms with Crippen molar-refractivity contribution in [2.24, 2.45) is 10.8 Å². The minimum absolute atomic E-state index is 0.197. The number of carbonyl (C=O) groups excluding carboxylic acids is 1. The Bertz CT molecular complexity index is 745. The van der Waals surface area contributed by atoms with E-state index in [1.54, 1.807) is 0 Å². The first kappa shape index (κ1) is 13.9. The van der Waals surface area contributed by atoms with Gasteiger partial charge in [0, 0.05) is 29.9 Å². The Labute approximate surface area is 131 Å². The van der Waals surface area contributed by atoms with E-state index in [9.17, 15) is 4.79 Å². The number of hydrogen-bond donors (Lipinski definition) is 1. The zero-order valence-corrected chi connectivity index (χ0v) is 13.6. The van der Waals surface area contributed by atoms with Crippen LogP contribution in [0.2, 0.25) is 0 Å². The summed E-state index contributed by atoms with van der Waals surface area (Å²) in [6.45, 7) is 7.94. The number of rotatable bonds is 1. The van der Waals surface area contributed by atoms with Crippen LogP contribution in [0, 0.1) is 10.8 Å². The van der Waals surface area contributed by atoms with E-state index < -0.39 is 0 Å². The molecule has 3 heteroatoms. The van der Waals surface area contributed by atoms with E-state index in [1.165, 1.54) is 6.42 Å². The summed E-state index contributed by atoms with van der Waals surface area (Å²) >= 11 is 0. The summed E-state index contributed by atoms with van der Waals surface area (Å²) in [6, 6.07) is 8.44. The maximum Gasteiger partial charge on any atom is 0.254 e. The van der Waals surface area contributed by atoms with E-state index in [4.69, 9.17) is 0 Å². The molecular formula is C19H24N2O. The molecule has 2 fully saturated rings. The Kier molecular flexibility index (Phi) is 2.76. The normalized spacial score (nSPS) is 30.0. The number of aromatic amines is 1. The molecule has 1 amide bonds. The number of H-pyrrole nitrogens is 1. The standard InChI is InChI=1S/C19H24N2O/c1-18(2)9-15-10-19(3,11-18)12-21(15)17(22)14-5-4-13-6-7-20-16(13)8-14/h4-8,15,20H,9-12H2,1-3H3/t15-,19+/m0/s1. The monoisotopic (exact) mass is 296 g/mol. The van der Waals surface area contributed by atoms with Gasteiger partial charge in [-0.2, -0.15) is 0 Å². The van der Waals surface area contributed by atoms with E-state index in [-0.39, 0.29) is 5.91 Å². The van der Waals surface area contributed by atoms with Crippen LogP contribution in [-0.2, 0) is 0 Å². The van der Waals surface area contributed by atoms with Gasteiger partial charge in [0.1, 0.15) is 0 Å². The summed E-state index contributed by atoms with van der Waals surface area (Å²) < 4.78 is 0. The van der Waals surface area contributed by atoms with Crippen LogP contribution in [0.3, 0.4) is 0 Å². The van der Waals surface area contributed by atoms with Crippen LogP contribution in [-0.4, -0.2) is 28.4 Å².